The maximum Gasteiger partial charge on any atom is 0.270 e. The number of carbonyl (C=O) groups is 1. The molecule has 1 aromatic heterocycles. The van der Waals surface area contributed by atoms with Gasteiger partial charge in [-0.2, -0.15) is 0 Å². The molecule has 0 fully saturated rings. The van der Waals surface area contributed by atoms with Gasteiger partial charge >= 0.3 is 0 Å². The molecule has 4 aromatic rings. The van der Waals surface area contributed by atoms with Crippen LogP contribution in [0.1, 0.15) is 51.6 Å². The second kappa shape index (κ2) is 8.46. The van der Waals surface area contributed by atoms with Crippen LogP contribution in [0, 0.1) is 13.8 Å². The molecular formula is C28H27N3O. The van der Waals surface area contributed by atoms with E-state index in [2.05, 4.69) is 72.7 Å². The lowest BCUT2D eigenvalue weighted by molar-refractivity contribution is 0.0926. The lowest BCUT2D eigenvalue weighted by atomic mass is 9.88. The number of carbonyl (C=O) groups excluding carboxylic acids is 1. The average Bonchev–Trinajstić information content (AvgIpc) is 3.29. The van der Waals surface area contributed by atoms with Crippen LogP contribution in [0.2, 0.25) is 0 Å². The molecule has 0 saturated heterocycles. The van der Waals surface area contributed by atoms with Crippen molar-refractivity contribution in [3.05, 3.63) is 107 Å². The normalized spacial score (nSPS) is 15.2. The van der Waals surface area contributed by atoms with Crippen molar-refractivity contribution in [2.24, 2.45) is 0 Å². The van der Waals surface area contributed by atoms with Gasteiger partial charge in [0.05, 0.1) is 18.6 Å². The van der Waals surface area contributed by atoms with Crippen molar-refractivity contribution in [1.82, 2.24) is 14.9 Å². The van der Waals surface area contributed by atoms with Crippen molar-refractivity contribution in [2.75, 3.05) is 0 Å². The summed E-state index contributed by atoms with van der Waals surface area (Å²) in [4.78, 5) is 17.4. The summed E-state index contributed by atoms with van der Waals surface area (Å²) in [5, 5.41) is 3.24. The summed E-state index contributed by atoms with van der Waals surface area (Å²) in [5.41, 5.74) is 8.90. The third kappa shape index (κ3) is 3.96. The predicted octanol–water partition coefficient (Wildman–Crippen LogP) is 5.96. The molecule has 1 atom stereocenters. The van der Waals surface area contributed by atoms with Gasteiger partial charge < -0.3 is 5.32 Å². The zero-order valence-corrected chi connectivity index (χ0v) is 18.5. The van der Waals surface area contributed by atoms with Crippen molar-refractivity contribution < 1.29 is 4.79 Å². The number of hydrogen-bond donors (Lipinski definition) is 1. The van der Waals surface area contributed by atoms with Gasteiger partial charge in [-0.25, -0.2) is 4.98 Å². The van der Waals surface area contributed by atoms with Crippen LogP contribution in [0.3, 0.4) is 0 Å². The van der Waals surface area contributed by atoms with Crippen molar-refractivity contribution in [3.63, 3.8) is 0 Å². The quantitative estimate of drug-likeness (QED) is 0.442. The topological polar surface area (TPSA) is 46.9 Å². The summed E-state index contributed by atoms with van der Waals surface area (Å²) < 4.78 is 1.86. The number of aromatic nitrogens is 2. The van der Waals surface area contributed by atoms with E-state index in [-0.39, 0.29) is 11.9 Å². The Labute approximate surface area is 189 Å². The summed E-state index contributed by atoms with van der Waals surface area (Å²) in [7, 11) is 0. The minimum Gasteiger partial charge on any atom is -0.344 e. The Morgan fingerprint density at radius 3 is 2.50 bits per heavy atom. The van der Waals surface area contributed by atoms with Gasteiger partial charge in [0.25, 0.3) is 5.91 Å². The molecule has 1 N–H and O–H groups in total. The SMILES string of the molecule is Cc1cc(C)cc(-c2ccc(-n3cncc3C(=O)N[C@@H]3CCCc4ccccc43)cc2)c1. The molecule has 1 aliphatic rings. The molecular weight excluding hydrogens is 394 g/mol. The summed E-state index contributed by atoms with van der Waals surface area (Å²) in [6.07, 6.45) is 6.47. The number of benzene rings is 3. The molecule has 1 aliphatic carbocycles. The number of fused-ring (bicyclic) bond motifs is 1. The van der Waals surface area contributed by atoms with Crippen LogP contribution in [0.25, 0.3) is 16.8 Å². The fourth-order valence-electron chi connectivity index (χ4n) is 4.76. The first-order valence-electron chi connectivity index (χ1n) is 11.2. The number of imidazole rings is 1. The molecule has 0 unspecified atom stereocenters. The molecule has 5 rings (SSSR count). The third-order valence-corrected chi connectivity index (χ3v) is 6.25. The van der Waals surface area contributed by atoms with Gasteiger partial charge in [0, 0.05) is 5.69 Å². The number of nitrogens with zero attached hydrogens (tertiary/aromatic N) is 2. The lowest BCUT2D eigenvalue weighted by Gasteiger charge is -2.26. The first-order valence-corrected chi connectivity index (χ1v) is 11.2. The fourth-order valence-corrected chi connectivity index (χ4v) is 4.76. The van der Waals surface area contributed by atoms with Crippen LogP contribution in [0.4, 0.5) is 0 Å². The first-order chi connectivity index (χ1) is 15.6. The number of amides is 1. The number of hydrogen-bond acceptors (Lipinski definition) is 2. The van der Waals surface area contributed by atoms with Crippen LogP contribution in [-0.4, -0.2) is 15.5 Å². The minimum absolute atomic E-state index is 0.0442. The molecule has 4 nitrogen and oxygen atoms in total. The van der Waals surface area contributed by atoms with E-state index in [1.54, 1.807) is 12.5 Å². The van der Waals surface area contributed by atoms with E-state index in [0.29, 0.717) is 5.69 Å². The van der Waals surface area contributed by atoms with Crippen molar-refractivity contribution in [2.45, 2.75) is 39.2 Å². The molecule has 0 spiro atoms. The molecule has 0 saturated carbocycles. The van der Waals surface area contributed by atoms with E-state index in [1.165, 1.54) is 27.8 Å². The second-order valence-corrected chi connectivity index (χ2v) is 8.69. The molecule has 3 aromatic carbocycles. The molecule has 1 heterocycles. The standard InChI is InChI=1S/C28H27N3O/c1-19-14-20(2)16-23(15-19)21-10-12-24(13-11-21)31-18-29-17-27(31)28(32)30-26-9-5-7-22-6-3-4-8-25(22)26/h3-4,6,8,10-18,26H,5,7,9H2,1-2H3,(H,30,32)/t26-/m1/s1. The van der Waals surface area contributed by atoms with Crippen LogP contribution < -0.4 is 5.32 Å². The van der Waals surface area contributed by atoms with Crippen molar-refractivity contribution >= 4 is 5.91 Å². The molecule has 4 heteroatoms. The predicted molar refractivity (Wildman–Crippen MR) is 128 cm³/mol. The number of nitrogens with one attached hydrogen (secondary N) is 1. The van der Waals surface area contributed by atoms with Crippen LogP contribution in [-0.2, 0) is 6.42 Å². The van der Waals surface area contributed by atoms with E-state index >= 15 is 0 Å². The fraction of sp³-hybridized carbons (Fsp3) is 0.214. The van der Waals surface area contributed by atoms with Gasteiger partial charge in [-0.3, -0.25) is 9.36 Å². The van der Waals surface area contributed by atoms with Crippen LogP contribution >= 0.6 is 0 Å². The van der Waals surface area contributed by atoms with Crippen molar-refractivity contribution in [3.8, 4) is 16.8 Å². The van der Waals surface area contributed by atoms with Gasteiger partial charge in [0.15, 0.2) is 0 Å². The minimum atomic E-state index is -0.0948. The molecule has 1 amide bonds. The van der Waals surface area contributed by atoms with Gasteiger partial charge in [0.1, 0.15) is 5.69 Å². The maximum atomic E-state index is 13.2. The Bertz CT molecular complexity index is 1250. The van der Waals surface area contributed by atoms with E-state index in [0.717, 1.165) is 30.5 Å². The Kier molecular flexibility index (Phi) is 5.36. The molecule has 32 heavy (non-hydrogen) atoms. The van der Waals surface area contributed by atoms with Crippen LogP contribution in [0.15, 0.2) is 79.3 Å². The largest absolute Gasteiger partial charge is 0.344 e. The van der Waals surface area contributed by atoms with Gasteiger partial charge in [-0.05, 0) is 67.5 Å². The molecule has 0 radical (unpaired) electrons. The number of aryl methyl sites for hydroxylation is 3. The smallest absolute Gasteiger partial charge is 0.270 e. The van der Waals surface area contributed by atoms with Gasteiger partial charge in [0.2, 0.25) is 0 Å². The maximum absolute atomic E-state index is 13.2. The van der Waals surface area contributed by atoms with E-state index in [1.807, 2.05) is 22.8 Å². The Hall–Kier alpha value is -3.66. The van der Waals surface area contributed by atoms with E-state index in [4.69, 9.17) is 0 Å². The van der Waals surface area contributed by atoms with E-state index < -0.39 is 0 Å². The monoisotopic (exact) mass is 421 g/mol. The van der Waals surface area contributed by atoms with Gasteiger partial charge in [-0.1, -0.05) is 65.7 Å². The first kappa shape index (κ1) is 20.3. The highest BCUT2D eigenvalue weighted by Gasteiger charge is 2.23. The summed E-state index contributed by atoms with van der Waals surface area (Å²) in [6.45, 7) is 4.23. The van der Waals surface area contributed by atoms with Crippen LogP contribution in [0.5, 0.6) is 0 Å². The lowest BCUT2D eigenvalue weighted by Crippen LogP contribution is -2.32. The molecule has 160 valence electrons. The third-order valence-electron chi connectivity index (χ3n) is 6.25. The zero-order valence-electron chi connectivity index (χ0n) is 18.5. The highest BCUT2D eigenvalue weighted by atomic mass is 16.2. The molecule has 0 aliphatic heterocycles. The highest BCUT2D eigenvalue weighted by molar-refractivity contribution is 5.93. The second-order valence-electron chi connectivity index (χ2n) is 8.69. The van der Waals surface area contributed by atoms with Crippen molar-refractivity contribution in [1.29, 1.82) is 0 Å². The number of rotatable bonds is 4. The summed E-state index contributed by atoms with van der Waals surface area (Å²) in [6, 6.07) is 23.3. The zero-order chi connectivity index (χ0) is 22.1. The summed E-state index contributed by atoms with van der Waals surface area (Å²) >= 11 is 0. The Balaban J connectivity index is 1.38. The molecule has 0 bridgehead atoms. The Morgan fingerprint density at radius 1 is 0.969 bits per heavy atom. The highest BCUT2D eigenvalue weighted by Crippen LogP contribution is 2.30. The van der Waals surface area contributed by atoms with Gasteiger partial charge in [-0.15, -0.1) is 0 Å². The summed E-state index contributed by atoms with van der Waals surface area (Å²) in [5.74, 6) is -0.0948. The average molecular weight is 422 g/mol. The van der Waals surface area contributed by atoms with E-state index in [9.17, 15) is 4.79 Å². The Morgan fingerprint density at radius 2 is 1.72 bits per heavy atom.